The van der Waals surface area contributed by atoms with Crippen LogP contribution < -0.4 is 0 Å². The van der Waals surface area contributed by atoms with E-state index in [1.54, 1.807) is 0 Å². The molecule has 2 aliphatic carbocycles. The molecule has 6 nitrogen and oxygen atoms in total. The molecule has 3 aliphatic rings. The molecule has 4 unspecified atom stereocenters. The molecule has 2 saturated carbocycles. The van der Waals surface area contributed by atoms with Gasteiger partial charge in [-0.15, -0.1) is 0 Å². The molecular formula is C12H20O6. The average Bonchev–Trinajstić information content (AvgIpc) is 2.74. The Kier molecular flexibility index (Phi) is 3.12. The van der Waals surface area contributed by atoms with Crippen molar-refractivity contribution in [3.8, 4) is 0 Å². The van der Waals surface area contributed by atoms with Crippen LogP contribution in [0.5, 0.6) is 0 Å². The molecule has 0 amide bonds. The topological polar surface area (TPSA) is 99.4 Å². The quantitative estimate of drug-likeness (QED) is 0.441. The van der Waals surface area contributed by atoms with Crippen LogP contribution in [0.15, 0.2) is 0 Å². The fourth-order valence-electron chi connectivity index (χ4n) is 3.30. The van der Waals surface area contributed by atoms with Gasteiger partial charge in [-0.2, -0.15) is 0 Å². The van der Waals surface area contributed by atoms with E-state index in [2.05, 4.69) is 0 Å². The molecule has 0 radical (unpaired) electrons. The van der Waals surface area contributed by atoms with Crippen molar-refractivity contribution in [3.63, 3.8) is 0 Å². The SMILES string of the molecule is OC1C(O)[C@H]2OC3(CCCCC3)OC2C(O)[C@H]1O. The van der Waals surface area contributed by atoms with Gasteiger partial charge in [-0.05, 0) is 12.8 Å². The third-order valence-corrected chi connectivity index (χ3v) is 4.36. The van der Waals surface area contributed by atoms with E-state index in [0.717, 1.165) is 32.1 Å². The summed E-state index contributed by atoms with van der Waals surface area (Å²) >= 11 is 0. The Hall–Kier alpha value is -0.240. The highest BCUT2D eigenvalue weighted by atomic mass is 16.8. The summed E-state index contributed by atoms with van der Waals surface area (Å²) in [6, 6.07) is 0. The molecule has 104 valence electrons. The predicted octanol–water partition coefficient (Wildman–Crippen LogP) is -1.11. The summed E-state index contributed by atoms with van der Waals surface area (Å²) in [5.41, 5.74) is 0. The van der Waals surface area contributed by atoms with Crippen LogP contribution in [0.4, 0.5) is 0 Å². The predicted molar refractivity (Wildman–Crippen MR) is 59.6 cm³/mol. The first-order chi connectivity index (χ1) is 8.54. The van der Waals surface area contributed by atoms with Crippen molar-refractivity contribution in [2.45, 2.75) is 74.5 Å². The van der Waals surface area contributed by atoms with Crippen LogP contribution in [0.2, 0.25) is 0 Å². The standard InChI is InChI=1S/C12H20O6/c13-6-7(14)9(16)11-10(8(6)15)17-12(18-11)4-2-1-3-5-12/h6-11,13-16H,1-5H2/t6-,7?,8?,9?,10?,11+/m0/s1. The zero-order chi connectivity index (χ0) is 12.9. The second-order valence-corrected chi connectivity index (χ2v) is 5.60. The average molecular weight is 260 g/mol. The minimum atomic E-state index is -1.40. The van der Waals surface area contributed by atoms with Gasteiger partial charge < -0.3 is 29.9 Å². The molecule has 0 aromatic carbocycles. The number of rotatable bonds is 0. The van der Waals surface area contributed by atoms with Gasteiger partial charge >= 0.3 is 0 Å². The van der Waals surface area contributed by atoms with Crippen molar-refractivity contribution in [1.82, 2.24) is 0 Å². The molecule has 3 rings (SSSR count). The molecule has 1 heterocycles. The molecule has 3 fully saturated rings. The summed E-state index contributed by atoms with van der Waals surface area (Å²) in [6.45, 7) is 0. The van der Waals surface area contributed by atoms with Crippen molar-refractivity contribution in [2.24, 2.45) is 0 Å². The molecule has 1 spiro atoms. The zero-order valence-corrected chi connectivity index (χ0v) is 10.1. The zero-order valence-electron chi connectivity index (χ0n) is 10.1. The lowest BCUT2D eigenvalue weighted by molar-refractivity contribution is -0.203. The number of aliphatic hydroxyl groups excluding tert-OH is 4. The molecule has 6 atom stereocenters. The molecule has 0 aromatic rings. The number of hydrogen-bond acceptors (Lipinski definition) is 6. The second-order valence-electron chi connectivity index (χ2n) is 5.60. The van der Waals surface area contributed by atoms with Crippen molar-refractivity contribution < 1.29 is 29.9 Å². The molecule has 0 bridgehead atoms. The van der Waals surface area contributed by atoms with Crippen LogP contribution >= 0.6 is 0 Å². The van der Waals surface area contributed by atoms with Crippen molar-refractivity contribution in [3.05, 3.63) is 0 Å². The maximum absolute atomic E-state index is 9.92. The summed E-state index contributed by atoms with van der Waals surface area (Å²) in [4.78, 5) is 0. The molecule has 4 N–H and O–H groups in total. The summed E-state index contributed by atoms with van der Waals surface area (Å²) in [6.07, 6.45) is -2.24. The Morgan fingerprint density at radius 3 is 1.56 bits per heavy atom. The molecular weight excluding hydrogens is 240 g/mol. The van der Waals surface area contributed by atoms with E-state index in [-0.39, 0.29) is 0 Å². The smallest absolute Gasteiger partial charge is 0.169 e. The number of ether oxygens (including phenoxy) is 2. The van der Waals surface area contributed by atoms with Crippen molar-refractivity contribution in [1.29, 1.82) is 0 Å². The maximum Gasteiger partial charge on any atom is 0.169 e. The van der Waals surface area contributed by atoms with Crippen molar-refractivity contribution >= 4 is 0 Å². The minimum absolute atomic E-state index is 0.728. The minimum Gasteiger partial charge on any atom is -0.387 e. The summed E-state index contributed by atoms with van der Waals surface area (Å²) in [5, 5.41) is 39.2. The number of hydrogen-bond donors (Lipinski definition) is 4. The van der Waals surface area contributed by atoms with Gasteiger partial charge in [-0.1, -0.05) is 6.42 Å². The van der Waals surface area contributed by atoms with Gasteiger partial charge in [-0.3, -0.25) is 0 Å². The second kappa shape index (κ2) is 4.40. The van der Waals surface area contributed by atoms with Gasteiger partial charge in [-0.25, -0.2) is 0 Å². The van der Waals surface area contributed by atoms with Crippen LogP contribution in [0, 0.1) is 0 Å². The van der Waals surface area contributed by atoms with E-state index in [1.807, 2.05) is 0 Å². The largest absolute Gasteiger partial charge is 0.387 e. The van der Waals surface area contributed by atoms with Gasteiger partial charge in [0.2, 0.25) is 0 Å². The highest BCUT2D eigenvalue weighted by molar-refractivity contribution is 5.04. The summed E-state index contributed by atoms with van der Waals surface area (Å²) in [7, 11) is 0. The van der Waals surface area contributed by atoms with Gasteiger partial charge in [0, 0.05) is 12.8 Å². The third-order valence-electron chi connectivity index (χ3n) is 4.36. The van der Waals surface area contributed by atoms with E-state index in [1.165, 1.54) is 0 Å². The van der Waals surface area contributed by atoms with E-state index in [4.69, 9.17) is 9.47 Å². The van der Waals surface area contributed by atoms with Gasteiger partial charge in [0.15, 0.2) is 5.79 Å². The molecule has 0 aromatic heterocycles. The Bertz CT molecular complexity index is 292. The number of aliphatic hydroxyl groups is 4. The van der Waals surface area contributed by atoms with Crippen LogP contribution in [0.1, 0.15) is 32.1 Å². The normalized spacial score (nSPS) is 51.3. The Morgan fingerprint density at radius 1 is 0.667 bits per heavy atom. The first-order valence-electron chi connectivity index (χ1n) is 6.62. The lowest BCUT2D eigenvalue weighted by Crippen LogP contribution is -2.62. The Morgan fingerprint density at radius 2 is 1.11 bits per heavy atom. The van der Waals surface area contributed by atoms with Gasteiger partial charge in [0.25, 0.3) is 0 Å². The number of fused-ring (bicyclic) bond motifs is 1. The molecule has 1 aliphatic heterocycles. The summed E-state index contributed by atoms with van der Waals surface area (Å²) in [5.74, 6) is -0.751. The third kappa shape index (κ3) is 1.79. The lowest BCUT2D eigenvalue weighted by Gasteiger charge is -2.38. The maximum atomic E-state index is 9.92. The van der Waals surface area contributed by atoms with Gasteiger partial charge in [0.1, 0.15) is 36.6 Å². The fraction of sp³-hybridized carbons (Fsp3) is 1.00. The molecule has 6 heteroatoms. The van der Waals surface area contributed by atoms with E-state index in [9.17, 15) is 20.4 Å². The Labute approximate surface area is 105 Å². The van der Waals surface area contributed by atoms with E-state index < -0.39 is 42.4 Å². The lowest BCUT2D eigenvalue weighted by atomic mass is 9.85. The van der Waals surface area contributed by atoms with E-state index in [0.29, 0.717) is 0 Å². The highest BCUT2D eigenvalue weighted by Gasteiger charge is 2.59. The van der Waals surface area contributed by atoms with Crippen LogP contribution in [-0.4, -0.2) is 62.8 Å². The first-order valence-corrected chi connectivity index (χ1v) is 6.62. The fourth-order valence-corrected chi connectivity index (χ4v) is 3.30. The summed E-state index contributed by atoms with van der Waals surface area (Å²) < 4.78 is 11.6. The van der Waals surface area contributed by atoms with Crippen LogP contribution in [-0.2, 0) is 9.47 Å². The van der Waals surface area contributed by atoms with E-state index >= 15 is 0 Å². The monoisotopic (exact) mass is 260 g/mol. The van der Waals surface area contributed by atoms with Crippen LogP contribution in [0.3, 0.4) is 0 Å². The Balaban J connectivity index is 1.82. The van der Waals surface area contributed by atoms with Crippen molar-refractivity contribution in [2.75, 3.05) is 0 Å². The molecule has 1 saturated heterocycles. The molecule has 18 heavy (non-hydrogen) atoms. The van der Waals surface area contributed by atoms with Gasteiger partial charge in [0.05, 0.1) is 0 Å². The highest BCUT2D eigenvalue weighted by Crippen LogP contribution is 2.44. The first kappa shape index (κ1) is 12.8. The van der Waals surface area contributed by atoms with Crippen LogP contribution in [0.25, 0.3) is 0 Å².